The SMILES string of the molecule is CCCCS(=O)(=O)N1CCOC2CCCCC21. The number of fused-ring (bicyclic) bond motifs is 1. The number of unbranched alkanes of at least 4 members (excludes halogenated alkanes) is 1. The number of morpholine rings is 1. The average Bonchev–Trinajstić information content (AvgIpc) is 2.36. The highest BCUT2D eigenvalue weighted by atomic mass is 32.2. The van der Waals surface area contributed by atoms with Crippen molar-refractivity contribution in [3.63, 3.8) is 0 Å². The molecular formula is C12H23NO3S. The van der Waals surface area contributed by atoms with Crippen molar-refractivity contribution in [1.82, 2.24) is 4.31 Å². The van der Waals surface area contributed by atoms with Gasteiger partial charge in [0.1, 0.15) is 0 Å². The summed E-state index contributed by atoms with van der Waals surface area (Å²) in [6, 6.07) is 0.111. The minimum absolute atomic E-state index is 0.111. The maximum absolute atomic E-state index is 12.3. The van der Waals surface area contributed by atoms with Gasteiger partial charge in [-0.1, -0.05) is 26.2 Å². The fourth-order valence-electron chi connectivity index (χ4n) is 2.85. The van der Waals surface area contributed by atoms with Crippen LogP contribution in [0.3, 0.4) is 0 Å². The summed E-state index contributed by atoms with van der Waals surface area (Å²) in [6.07, 6.45) is 6.12. The first-order chi connectivity index (χ1) is 8.15. The normalized spacial score (nSPS) is 31.1. The second kappa shape index (κ2) is 5.67. The van der Waals surface area contributed by atoms with Crippen molar-refractivity contribution in [2.75, 3.05) is 18.9 Å². The summed E-state index contributed by atoms with van der Waals surface area (Å²) >= 11 is 0. The zero-order valence-electron chi connectivity index (χ0n) is 10.6. The van der Waals surface area contributed by atoms with E-state index in [2.05, 4.69) is 0 Å². The van der Waals surface area contributed by atoms with Crippen LogP contribution in [-0.4, -0.2) is 43.8 Å². The van der Waals surface area contributed by atoms with Gasteiger partial charge in [0.15, 0.2) is 0 Å². The van der Waals surface area contributed by atoms with Gasteiger partial charge in [0.25, 0.3) is 0 Å². The number of nitrogens with zero attached hydrogens (tertiary/aromatic N) is 1. The topological polar surface area (TPSA) is 46.6 Å². The maximum atomic E-state index is 12.3. The van der Waals surface area contributed by atoms with Crippen LogP contribution < -0.4 is 0 Å². The molecule has 0 aromatic carbocycles. The van der Waals surface area contributed by atoms with Gasteiger partial charge >= 0.3 is 0 Å². The predicted octanol–water partition coefficient (Wildman–Crippen LogP) is 1.76. The molecule has 4 nitrogen and oxygen atoms in total. The number of rotatable bonds is 4. The molecule has 2 fully saturated rings. The third kappa shape index (κ3) is 3.01. The first kappa shape index (κ1) is 13.3. The van der Waals surface area contributed by atoms with E-state index in [9.17, 15) is 8.42 Å². The smallest absolute Gasteiger partial charge is 0.214 e. The minimum atomic E-state index is -3.06. The molecule has 2 atom stereocenters. The van der Waals surface area contributed by atoms with Gasteiger partial charge in [0, 0.05) is 6.54 Å². The van der Waals surface area contributed by atoms with Gasteiger partial charge in [-0.15, -0.1) is 0 Å². The first-order valence-electron chi connectivity index (χ1n) is 6.76. The van der Waals surface area contributed by atoms with Gasteiger partial charge in [0.05, 0.1) is 24.5 Å². The van der Waals surface area contributed by atoms with Gasteiger partial charge in [-0.05, 0) is 19.3 Å². The highest BCUT2D eigenvalue weighted by molar-refractivity contribution is 7.89. The largest absolute Gasteiger partial charge is 0.375 e. The Morgan fingerprint density at radius 1 is 1.29 bits per heavy atom. The second-order valence-corrected chi connectivity index (χ2v) is 7.08. The zero-order valence-corrected chi connectivity index (χ0v) is 11.4. The van der Waals surface area contributed by atoms with Crippen LogP contribution in [0.4, 0.5) is 0 Å². The Kier molecular flexibility index (Phi) is 4.44. The molecule has 1 saturated carbocycles. The molecule has 2 rings (SSSR count). The Morgan fingerprint density at radius 2 is 2.06 bits per heavy atom. The van der Waals surface area contributed by atoms with Crippen molar-refractivity contribution in [2.45, 2.75) is 57.6 Å². The van der Waals surface area contributed by atoms with Crippen molar-refractivity contribution >= 4 is 10.0 Å². The van der Waals surface area contributed by atoms with Gasteiger partial charge in [0.2, 0.25) is 10.0 Å². The maximum Gasteiger partial charge on any atom is 0.214 e. The molecule has 0 spiro atoms. The van der Waals surface area contributed by atoms with Crippen LogP contribution in [-0.2, 0) is 14.8 Å². The molecule has 1 saturated heterocycles. The van der Waals surface area contributed by atoms with E-state index in [1.54, 1.807) is 4.31 Å². The molecule has 5 heteroatoms. The fraction of sp³-hybridized carbons (Fsp3) is 1.00. The van der Waals surface area contributed by atoms with E-state index in [0.717, 1.165) is 32.1 Å². The van der Waals surface area contributed by atoms with Gasteiger partial charge in [-0.25, -0.2) is 8.42 Å². The summed E-state index contributed by atoms with van der Waals surface area (Å²) in [6.45, 7) is 3.14. The molecule has 0 aromatic rings. The van der Waals surface area contributed by atoms with E-state index in [1.807, 2.05) is 6.92 Å². The molecule has 0 N–H and O–H groups in total. The lowest BCUT2D eigenvalue weighted by atomic mass is 9.91. The van der Waals surface area contributed by atoms with E-state index in [-0.39, 0.29) is 12.1 Å². The molecule has 1 heterocycles. The van der Waals surface area contributed by atoms with Crippen LogP contribution in [0.25, 0.3) is 0 Å². The lowest BCUT2D eigenvalue weighted by Crippen LogP contribution is -2.55. The number of ether oxygens (including phenoxy) is 1. The van der Waals surface area contributed by atoms with Gasteiger partial charge < -0.3 is 4.74 Å². The molecule has 100 valence electrons. The van der Waals surface area contributed by atoms with Crippen molar-refractivity contribution in [1.29, 1.82) is 0 Å². The van der Waals surface area contributed by atoms with E-state index < -0.39 is 10.0 Å². The van der Waals surface area contributed by atoms with Crippen LogP contribution in [0.2, 0.25) is 0 Å². The molecule has 0 amide bonds. The summed E-state index contributed by atoms with van der Waals surface area (Å²) in [5.74, 6) is 0.298. The van der Waals surface area contributed by atoms with E-state index >= 15 is 0 Å². The molecule has 2 unspecified atom stereocenters. The lowest BCUT2D eigenvalue weighted by Gasteiger charge is -2.42. The summed E-state index contributed by atoms with van der Waals surface area (Å²) in [5.41, 5.74) is 0. The van der Waals surface area contributed by atoms with Crippen molar-refractivity contribution in [2.24, 2.45) is 0 Å². The van der Waals surface area contributed by atoms with Crippen molar-refractivity contribution in [3.05, 3.63) is 0 Å². The standard InChI is InChI=1S/C12H23NO3S/c1-2-3-10-17(14,15)13-8-9-16-12-7-5-4-6-11(12)13/h11-12H,2-10H2,1H3. The summed E-state index contributed by atoms with van der Waals surface area (Å²) in [7, 11) is -3.06. The van der Waals surface area contributed by atoms with Crippen molar-refractivity contribution in [3.8, 4) is 0 Å². The van der Waals surface area contributed by atoms with Crippen molar-refractivity contribution < 1.29 is 13.2 Å². The zero-order chi connectivity index (χ0) is 12.3. The third-order valence-corrected chi connectivity index (χ3v) is 5.77. The summed E-state index contributed by atoms with van der Waals surface area (Å²) < 4.78 is 32.0. The monoisotopic (exact) mass is 261 g/mol. The molecule has 1 aliphatic heterocycles. The van der Waals surface area contributed by atoms with Crippen LogP contribution in [0, 0.1) is 0 Å². The second-order valence-electron chi connectivity index (χ2n) is 5.04. The Hall–Kier alpha value is -0.130. The fourth-order valence-corrected chi connectivity index (χ4v) is 4.74. The third-order valence-electron chi connectivity index (χ3n) is 3.79. The van der Waals surface area contributed by atoms with E-state index in [0.29, 0.717) is 18.9 Å². The molecule has 0 aromatic heterocycles. The lowest BCUT2D eigenvalue weighted by molar-refractivity contribution is -0.0586. The number of sulfonamides is 1. The van der Waals surface area contributed by atoms with E-state index in [4.69, 9.17) is 4.74 Å². The molecule has 17 heavy (non-hydrogen) atoms. The average molecular weight is 261 g/mol. The minimum Gasteiger partial charge on any atom is -0.375 e. The van der Waals surface area contributed by atoms with Gasteiger partial charge in [-0.2, -0.15) is 4.31 Å². The summed E-state index contributed by atoms with van der Waals surface area (Å²) in [5, 5.41) is 0. The Bertz CT molecular complexity index is 340. The van der Waals surface area contributed by atoms with Crippen LogP contribution in [0.1, 0.15) is 45.4 Å². The highest BCUT2D eigenvalue weighted by Gasteiger charge is 2.39. The first-order valence-corrected chi connectivity index (χ1v) is 8.37. The quantitative estimate of drug-likeness (QED) is 0.774. The van der Waals surface area contributed by atoms with Crippen LogP contribution >= 0.6 is 0 Å². The molecular weight excluding hydrogens is 238 g/mol. The molecule has 0 radical (unpaired) electrons. The Morgan fingerprint density at radius 3 is 2.82 bits per heavy atom. The Labute approximate surface area is 104 Å². The van der Waals surface area contributed by atoms with E-state index in [1.165, 1.54) is 6.42 Å². The number of hydrogen-bond donors (Lipinski definition) is 0. The highest BCUT2D eigenvalue weighted by Crippen LogP contribution is 2.30. The number of hydrogen-bond acceptors (Lipinski definition) is 3. The Balaban J connectivity index is 2.07. The van der Waals surface area contributed by atoms with Crippen LogP contribution in [0.5, 0.6) is 0 Å². The summed E-state index contributed by atoms with van der Waals surface area (Å²) in [4.78, 5) is 0. The molecule has 2 aliphatic rings. The predicted molar refractivity (Wildman–Crippen MR) is 67.4 cm³/mol. The van der Waals surface area contributed by atoms with Gasteiger partial charge in [-0.3, -0.25) is 0 Å². The molecule has 1 aliphatic carbocycles. The van der Waals surface area contributed by atoms with Crippen LogP contribution in [0.15, 0.2) is 0 Å². The molecule has 0 bridgehead atoms.